The second kappa shape index (κ2) is 10.1. The molecular formula is C22H30F4. The maximum Gasteiger partial charge on any atom is 0.409 e. The molecule has 0 saturated heterocycles. The molecule has 26 heavy (non-hydrogen) atoms. The Bertz CT molecular complexity index is 566. The van der Waals surface area contributed by atoms with E-state index in [0.717, 1.165) is 30.4 Å². The summed E-state index contributed by atoms with van der Waals surface area (Å²) in [7, 11) is 0. The molecule has 1 saturated carbocycles. The molecule has 0 amide bonds. The lowest BCUT2D eigenvalue weighted by molar-refractivity contribution is -0.0790. The minimum Gasteiger partial charge on any atom is -0.206 e. The van der Waals surface area contributed by atoms with Gasteiger partial charge in [-0.3, -0.25) is 0 Å². The number of rotatable bonds is 8. The molecule has 0 aliphatic heterocycles. The summed E-state index contributed by atoms with van der Waals surface area (Å²) in [6.07, 6.45) is 8.78. The van der Waals surface area contributed by atoms with Gasteiger partial charge in [0, 0.05) is 11.6 Å². The second-order valence-electron chi connectivity index (χ2n) is 7.58. The molecule has 0 nitrogen and oxygen atoms in total. The van der Waals surface area contributed by atoms with Gasteiger partial charge in [-0.05, 0) is 55.2 Å². The lowest BCUT2D eigenvalue weighted by Gasteiger charge is -2.29. The van der Waals surface area contributed by atoms with Crippen LogP contribution >= 0.6 is 0 Å². The normalized spacial score (nSPS) is 21.4. The first-order chi connectivity index (χ1) is 12.4. The SMILES string of the molecule is CCCCCCCC1CCC(c2ccc(/C=C\C(F)(F)F)c(F)c2)CC1. The van der Waals surface area contributed by atoms with Crippen molar-refractivity contribution in [1.29, 1.82) is 0 Å². The number of unbranched alkanes of at least 4 members (excludes halogenated alkanes) is 4. The summed E-state index contributed by atoms with van der Waals surface area (Å²) < 4.78 is 50.8. The number of halogens is 4. The van der Waals surface area contributed by atoms with E-state index in [9.17, 15) is 17.6 Å². The first-order valence-corrected chi connectivity index (χ1v) is 9.94. The number of allylic oxidation sites excluding steroid dienone is 1. The fourth-order valence-electron chi connectivity index (χ4n) is 3.94. The van der Waals surface area contributed by atoms with Gasteiger partial charge < -0.3 is 0 Å². The molecule has 0 bridgehead atoms. The fourth-order valence-corrected chi connectivity index (χ4v) is 3.94. The summed E-state index contributed by atoms with van der Waals surface area (Å²) in [6, 6.07) is 4.67. The topological polar surface area (TPSA) is 0 Å². The molecule has 0 radical (unpaired) electrons. The first-order valence-electron chi connectivity index (χ1n) is 9.94. The zero-order chi connectivity index (χ0) is 19.0. The third-order valence-corrected chi connectivity index (χ3v) is 5.51. The molecule has 1 aliphatic carbocycles. The zero-order valence-electron chi connectivity index (χ0n) is 15.6. The van der Waals surface area contributed by atoms with E-state index in [1.165, 1.54) is 63.5 Å². The van der Waals surface area contributed by atoms with Gasteiger partial charge in [-0.1, -0.05) is 57.6 Å². The van der Waals surface area contributed by atoms with Crippen LogP contribution in [0.5, 0.6) is 0 Å². The van der Waals surface area contributed by atoms with Crippen molar-refractivity contribution in [2.45, 2.75) is 83.2 Å². The average Bonchev–Trinajstić information content (AvgIpc) is 2.60. The highest BCUT2D eigenvalue weighted by Crippen LogP contribution is 2.38. The lowest BCUT2D eigenvalue weighted by Crippen LogP contribution is -2.13. The van der Waals surface area contributed by atoms with Crippen molar-refractivity contribution in [2.24, 2.45) is 5.92 Å². The average molecular weight is 370 g/mol. The van der Waals surface area contributed by atoms with Crippen LogP contribution in [0.4, 0.5) is 17.6 Å². The van der Waals surface area contributed by atoms with Crippen LogP contribution < -0.4 is 0 Å². The Balaban J connectivity index is 1.82. The number of alkyl halides is 3. The Morgan fingerprint density at radius 3 is 2.31 bits per heavy atom. The summed E-state index contributed by atoms with van der Waals surface area (Å²) in [5.41, 5.74) is 0.917. The van der Waals surface area contributed by atoms with Crippen LogP contribution in [-0.2, 0) is 0 Å². The van der Waals surface area contributed by atoms with E-state index in [0.29, 0.717) is 5.92 Å². The Morgan fingerprint density at radius 1 is 1.00 bits per heavy atom. The highest BCUT2D eigenvalue weighted by molar-refractivity contribution is 5.51. The van der Waals surface area contributed by atoms with E-state index in [1.807, 2.05) is 0 Å². The smallest absolute Gasteiger partial charge is 0.206 e. The van der Waals surface area contributed by atoms with Crippen LogP contribution in [0.1, 0.15) is 88.2 Å². The highest BCUT2D eigenvalue weighted by atomic mass is 19.4. The second-order valence-corrected chi connectivity index (χ2v) is 7.58. The van der Waals surface area contributed by atoms with Crippen molar-refractivity contribution in [3.63, 3.8) is 0 Å². The van der Waals surface area contributed by atoms with Crippen LogP contribution in [0.25, 0.3) is 6.08 Å². The van der Waals surface area contributed by atoms with Crippen LogP contribution in [0.15, 0.2) is 24.3 Å². The third kappa shape index (κ3) is 7.13. The summed E-state index contributed by atoms with van der Waals surface area (Å²) >= 11 is 0. The standard InChI is InChI=1S/C22H30F4/c1-2-3-4-5-6-7-17-8-10-18(11-9-17)20-13-12-19(21(23)16-20)14-15-22(24,25)26/h12-18H,2-11H2,1H3/b15-14-. The van der Waals surface area contributed by atoms with E-state index in [-0.39, 0.29) is 11.6 Å². The van der Waals surface area contributed by atoms with Crippen molar-refractivity contribution in [2.75, 3.05) is 0 Å². The van der Waals surface area contributed by atoms with Gasteiger partial charge in [-0.15, -0.1) is 0 Å². The van der Waals surface area contributed by atoms with Crippen molar-refractivity contribution < 1.29 is 17.6 Å². The van der Waals surface area contributed by atoms with Gasteiger partial charge in [-0.2, -0.15) is 13.2 Å². The quantitative estimate of drug-likeness (QED) is 0.321. The Kier molecular flexibility index (Phi) is 8.17. The van der Waals surface area contributed by atoms with E-state index >= 15 is 0 Å². The number of hydrogen-bond donors (Lipinski definition) is 0. The molecule has 146 valence electrons. The molecule has 1 aromatic carbocycles. The molecule has 2 rings (SSSR count). The van der Waals surface area contributed by atoms with E-state index < -0.39 is 12.0 Å². The molecule has 0 spiro atoms. The van der Waals surface area contributed by atoms with Crippen molar-refractivity contribution in [3.8, 4) is 0 Å². The predicted molar refractivity (Wildman–Crippen MR) is 99.6 cm³/mol. The first kappa shape index (κ1) is 21.0. The molecular weight excluding hydrogens is 340 g/mol. The van der Waals surface area contributed by atoms with Crippen molar-refractivity contribution in [3.05, 3.63) is 41.2 Å². The summed E-state index contributed by atoms with van der Waals surface area (Å²) in [6.45, 7) is 2.23. The van der Waals surface area contributed by atoms with Gasteiger partial charge in [0.25, 0.3) is 0 Å². The predicted octanol–water partition coefficient (Wildman–Crippen LogP) is 8.04. The fraction of sp³-hybridized carbons (Fsp3) is 0.636. The summed E-state index contributed by atoms with van der Waals surface area (Å²) in [4.78, 5) is 0. The third-order valence-electron chi connectivity index (χ3n) is 5.51. The summed E-state index contributed by atoms with van der Waals surface area (Å²) in [5, 5.41) is 0. The van der Waals surface area contributed by atoms with Crippen LogP contribution in [0, 0.1) is 11.7 Å². The van der Waals surface area contributed by atoms with Gasteiger partial charge in [-0.25, -0.2) is 4.39 Å². The monoisotopic (exact) mass is 370 g/mol. The van der Waals surface area contributed by atoms with Gasteiger partial charge in [0.1, 0.15) is 5.82 Å². The molecule has 0 unspecified atom stereocenters. The largest absolute Gasteiger partial charge is 0.409 e. The minimum atomic E-state index is -4.42. The number of benzene rings is 1. The maximum atomic E-state index is 14.1. The van der Waals surface area contributed by atoms with Crippen LogP contribution in [0.3, 0.4) is 0 Å². The zero-order valence-corrected chi connectivity index (χ0v) is 15.6. The van der Waals surface area contributed by atoms with Crippen LogP contribution in [0.2, 0.25) is 0 Å². The Labute approximate surface area is 154 Å². The molecule has 1 aromatic rings. The van der Waals surface area contributed by atoms with E-state index in [1.54, 1.807) is 6.07 Å². The molecule has 0 aromatic heterocycles. The van der Waals surface area contributed by atoms with Crippen molar-refractivity contribution >= 4 is 6.08 Å². The Hall–Kier alpha value is -1.32. The molecule has 0 heterocycles. The van der Waals surface area contributed by atoms with Crippen molar-refractivity contribution in [1.82, 2.24) is 0 Å². The van der Waals surface area contributed by atoms with Gasteiger partial charge >= 0.3 is 6.18 Å². The molecule has 0 N–H and O–H groups in total. The molecule has 1 fully saturated rings. The Morgan fingerprint density at radius 2 is 1.69 bits per heavy atom. The molecule has 1 aliphatic rings. The van der Waals surface area contributed by atoms with E-state index in [4.69, 9.17) is 0 Å². The number of hydrogen-bond acceptors (Lipinski definition) is 0. The summed E-state index contributed by atoms with van der Waals surface area (Å²) in [5.74, 6) is 0.550. The molecule has 0 atom stereocenters. The van der Waals surface area contributed by atoms with Gasteiger partial charge in [0.15, 0.2) is 0 Å². The highest BCUT2D eigenvalue weighted by Gasteiger charge is 2.24. The minimum absolute atomic E-state index is 0.00756. The van der Waals surface area contributed by atoms with Gasteiger partial charge in [0.2, 0.25) is 0 Å². The molecule has 4 heteroatoms. The lowest BCUT2D eigenvalue weighted by atomic mass is 9.77. The van der Waals surface area contributed by atoms with Crippen LogP contribution in [-0.4, -0.2) is 6.18 Å². The van der Waals surface area contributed by atoms with E-state index in [2.05, 4.69) is 6.92 Å². The van der Waals surface area contributed by atoms with Gasteiger partial charge in [0.05, 0.1) is 0 Å². The maximum absolute atomic E-state index is 14.1.